The molecule has 0 aliphatic heterocycles. The van der Waals surface area contributed by atoms with Crippen LogP contribution in [0, 0.1) is 29.1 Å². The molecule has 0 aromatic rings. The summed E-state index contributed by atoms with van der Waals surface area (Å²) in [7, 11) is 0. The van der Waals surface area contributed by atoms with Gasteiger partial charge in [-0.3, -0.25) is 9.59 Å². The molecule has 2 rings (SSSR count). The quantitative estimate of drug-likeness (QED) is 0.609. The zero-order chi connectivity index (χ0) is 19.3. The Labute approximate surface area is 159 Å². The van der Waals surface area contributed by atoms with Crippen molar-refractivity contribution in [2.24, 2.45) is 29.1 Å². The number of ether oxygens (including phenoxy) is 1. The molecule has 2 saturated carbocycles. The second kappa shape index (κ2) is 9.23. The summed E-state index contributed by atoms with van der Waals surface area (Å²) in [6.07, 6.45) is 9.56. The number of carboxylic acid groups (broad SMARTS) is 1. The lowest BCUT2D eigenvalue weighted by atomic mass is 9.74. The highest BCUT2D eigenvalue weighted by Crippen LogP contribution is 2.39. The first-order valence-electron chi connectivity index (χ1n) is 10.7. The fraction of sp³-hybridized carbons (Fsp3) is 0.909. The molecule has 4 nitrogen and oxygen atoms in total. The van der Waals surface area contributed by atoms with Crippen LogP contribution < -0.4 is 0 Å². The maximum absolute atomic E-state index is 12.9. The maximum atomic E-state index is 12.9. The third kappa shape index (κ3) is 5.72. The fourth-order valence-electron chi connectivity index (χ4n) is 4.60. The Morgan fingerprint density at radius 1 is 1.04 bits per heavy atom. The molecule has 0 amide bonds. The van der Waals surface area contributed by atoms with Crippen LogP contribution in [0.2, 0.25) is 0 Å². The number of hydrogen-bond acceptors (Lipinski definition) is 3. The van der Waals surface area contributed by atoms with E-state index in [-0.39, 0.29) is 17.5 Å². The van der Waals surface area contributed by atoms with Crippen molar-refractivity contribution in [3.8, 4) is 0 Å². The Hall–Kier alpha value is -1.06. The van der Waals surface area contributed by atoms with Gasteiger partial charge in [-0.2, -0.15) is 0 Å². The summed E-state index contributed by atoms with van der Waals surface area (Å²) in [5, 5.41) is 9.49. The topological polar surface area (TPSA) is 63.6 Å². The van der Waals surface area contributed by atoms with Crippen molar-refractivity contribution in [1.82, 2.24) is 0 Å². The molecule has 1 N–H and O–H groups in total. The zero-order valence-electron chi connectivity index (χ0n) is 17.1. The smallest absolute Gasteiger partial charge is 0.310 e. The molecule has 4 heteroatoms. The van der Waals surface area contributed by atoms with E-state index in [1.165, 1.54) is 12.8 Å². The van der Waals surface area contributed by atoms with E-state index in [4.69, 9.17) is 4.74 Å². The molecule has 0 spiro atoms. The van der Waals surface area contributed by atoms with Crippen molar-refractivity contribution in [2.75, 3.05) is 0 Å². The number of hydrogen-bond donors (Lipinski definition) is 1. The Morgan fingerprint density at radius 2 is 1.62 bits per heavy atom. The van der Waals surface area contributed by atoms with Crippen LogP contribution in [0.1, 0.15) is 91.9 Å². The third-order valence-electron chi connectivity index (χ3n) is 6.95. The first-order chi connectivity index (χ1) is 12.2. The van der Waals surface area contributed by atoms with E-state index in [9.17, 15) is 14.7 Å². The van der Waals surface area contributed by atoms with E-state index in [0.29, 0.717) is 18.8 Å². The standard InChI is InChI=1S/C22H38O4/c1-5-22(3,4)14-19(16-12-10-15(2)11-13-16)26-21(25)18-9-7-6-8-17(18)20(23)24/h15-19H,5-14H2,1-4H3,(H,23,24). The highest BCUT2D eigenvalue weighted by Gasteiger charge is 2.40. The summed E-state index contributed by atoms with van der Waals surface area (Å²) in [6.45, 7) is 8.95. The van der Waals surface area contributed by atoms with Gasteiger partial charge in [0.1, 0.15) is 6.10 Å². The van der Waals surface area contributed by atoms with E-state index in [1.807, 2.05) is 0 Å². The number of carbonyl (C=O) groups excluding carboxylic acids is 1. The molecule has 0 aromatic carbocycles. The van der Waals surface area contributed by atoms with Crippen LogP contribution in [-0.2, 0) is 14.3 Å². The van der Waals surface area contributed by atoms with Gasteiger partial charge in [-0.25, -0.2) is 0 Å². The number of aliphatic carboxylic acids is 1. The Balaban J connectivity index is 2.08. The van der Waals surface area contributed by atoms with Crippen molar-refractivity contribution in [3.05, 3.63) is 0 Å². The fourth-order valence-corrected chi connectivity index (χ4v) is 4.60. The second-order valence-electron chi connectivity index (χ2n) is 9.55. The van der Waals surface area contributed by atoms with Crippen LogP contribution >= 0.6 is 0 Å². The van der Waals surface area contributed by atoms with Gasteiger partial charge in [0.2, 0.25) is 0 Å². The van der Waals surface area contributed by atoms with E-state index in [0.717, 1.165) is 44.4 Å². The first-order valence-corrected chi connectivity index (χ1v) is 10.7. The minimum atomic E-state index is -0.844. The highest BCUT2D eigenvalue weighted by molar-refractivity contribution is 5.81. The van der Waals surface area contributed by atoms with Gasteiger partial charge < -0.3 is 9.84 Å². The van der Waals surface area contributed by atoms with Gasteiger partial charge in [0.05, 0.1) is 11.8 Å². The summed E-state index contributed by atoms with van der Waals surface area (Å²) in [6, 6.07) is 0. The van der Waals surface area contributed by atoms with Gasteiger partial charge in [-0.05, 0) is 49.4 Å². The summed E-state index contributed by atoms with van der Waals surface area (Å²) >= 11 is 0. The van der Waals surface area contributed by atoms with E-state index in [2.05, 4.69) is 27.7 Å². The van der Waals surface area contributed by atoms with Crippen LogP contribution in [0.4, 0.5) is 0 Å². The molecule has 0 bridgehead atoms. The van der Waals surface area contributed by atoms with Crippen LogP contribution in [-0.4, -0.2) is 23.1 Å². The van der Waals surface area contributed by atoms with E-state index >= 15 is 0 Å². The van der Waals surface area contributed by atoms with Gasteiger partial charge in [0.15, 0.2) is 0 Å². The van der Waals surface area contributed by atoms with Crippen molar-refractivity contribution < 1.29 is 19.4 Å². The first kappa shape index (κ1) is 21.2. The lowest BCUT2D eigenvalue weighted by Crippen LogP contribution is -2.39. The number of carbonyl (C=O) groups is 2. The molecule has 2 aliphatic rings. The molecule has 3 atom stereocenters. The zero-order valence-corrected chi connectivity index (χ0v) is 17.1. The SMILES string of the molecule is CCC(C)(C)CC(OC(=O)C1CCCCC1C(=O)O)C1CCC(C)CC1. The number of esters is 1. The summed E-state index contributed by atoms with van der Waals surface area (Å²) in [4.78, 5) is 24.5. The van der Waals surface area contributed by atoms with Gasteiger partial charge >= 0.3 is 11.9 Å². The Kier molecular flexibility index (Phi) is 7.54. The number of rotatable bonds is 7. The minimum Gasteiger partial charge on any atom is -0.481 e. The molecule has 0 radical (unpaired) electrons. The maximum Gasteiger partial charge on any atom is 0.310 e. The molecule has 26 heavy (non-hydrogen) atoms. The normalized spacial score (nSPS) is 31.2. The monoisotopic (exact) mass is 366 g/mol. The highest BCUT2D eigenvalue weighted by atomic mass is 16.5. The third-order valence-corrected chi connectivity index (χ3v) is 6.95. The lowest BCUT2D eigenvalue weighted by molar-refractivity contribution is -0.168. The largest absolute Gasteiger partial charge is 0.481 e. The average Bonchev–Trinajstić information content (AvgIpc) is 2.61. The molecule has 2 aliphatic carbocycles. The molecule has 2 fully saturated rings. The van der Waals surface area contributed by atoms with Crippen LogP contribution in [0.25, 0.3) is 0 Å². The van der Waals surface area contributed by atoms with Gasteiger partial charge in [-0.15, -0.1) is 0 Å². The molecule has 0 saturated heterocycles. The molecule has 0 heterocycles. The van der Waals surface area contributed by atoms with Crippen molar-refractivity contribution in [3.63, 3.8) is 0 Å². The lowest BCUT2D eigenvalue weighted by Gasteiger charge is -2.38. The van der Waals surface area contributed by atoms with Crippen molar-refractivity contribution in [2.45, 2.75) is 98.0 Å². The van der Waals surface area contributed by atoms with E-state index < -0.39 is 17.8 Å². The molecule has 0 aromatic heterocycles. The molecular weight excluding hydrogens is 328 g/mol. The molecular formula is C22H38O4. The summed E-state index contributed by atoms with van der Waals surface area (Å²) in [5.74, 6) is -0.945. The summed E-state index contributed by atoms with van der Waals surface area (Å²) < 4.78 is 6.08. The van der Waals surface area contributed by atoms with Crippen LogP contribution in [0.3, 0.4) is 0 Å². The number of carboxylic acids is 1. The Morgan fingerprint density at radius 3 is 2.15 bits per heavy atom. The van der Waals surface area contributed by atoms with Crippen molar-refractivity contribution >= 4 is 11.9 Å². The van der Waals surface area contributed by atoms with Crippen molar-refractivity contribution in [1.29, 1.82) is 0 Å². The minimum absolute atomic E-state index is 0.0682. The predicted molar refractivity (Wildman–Crippen MR) is 103 cm³/mol. The second-order valence-corrected chi connectivity index (χ2v) is 9.55. The molecule has 150 valence electrons. The van der Waals surface area contributed by atoms with Gasteiger partial charge in [-0.1, -0.05) is 59.8 Å². The van der Waals surface area contributed by atoms with Gasteiger partial charge in [0.25, 0.3) is 0 Å². The van der Waals surface area contributed by atoms with Crippen LogP contribution in [0.15, 0.2) is 0 Å². The average molecular weight is 367 g/mol. The van der Waals surface area contributed by atoms with E-state index in [1.54, 1.807) is 0 Å². The Bertz CT molecular complexity index is 477. The van der Waals surface area contributed by atoms with Gasteiger partial charge in [0, 0.05) is 0 Å². The molecule has 3 unspecified atom stereocenters. The predicted octanol–water partition coefficient (Wildman–Crippen LogP) is 5.44. The summed E-state index contributed by atoms with van der Waals surface area (Å²) in [5.41, 5.74) is 0.132. The van der Waals surface area contributed by atoms with Crippen LogP contribution in [0.5, 0.6) is 0 Å².